The summed E-state index contributed by atoms with van der Waals surface area (Å²) in [6.45, 7) is -0.246. The molecule has 0 saturated heterocycles. The van der Waals surface area contributed by atoms with Crippen molar-refractivity contribution in [1.82, 2.24) is 0 Å². The normalized spacial score (nSPS) is 10.0. The zero-order valence-corrected chi connectivity index (χ0v) is 10.3. The maximum absolute atomic E-state index is 11.6. The van der Waals surface area contributed by atoms with Crippen LogP contribution in [0, 0.1) is 0 Å². The number of ether oxygens (including phenoxy) is 1. The van der Waals surface area contributed by atoms with Crippen molar-refractivity contribution in [1.29, 1.82) is 0 Å². The second kappa shape index (κ2) is 5.46. The molecular formula is C13H11NO3S. The summed E-state index contributed by atoms with van der Waals surface area (Å²) in [5.41, 5.74) is 6.46. The maximum Gasteiger partial charge on any atom is 0.338 e. The number of hydrogen-bond acceptors (Lipinski definition) is 5. The number of nitrogens with two attached hydrogens (primary N) is 1. The molecule has 0 aliphatic carbocycles. The van der Waals surface area contributed by atoms with Gasteiger partial charge in [-0.25, -0.2) is 4.79 Å². The van der Waals surface area contributed by atoms with Gasteiger partial charge in [0, 0.05) is 5.69 Å². The van der Waals surface area contributed by atoms with Gasteiger partial charge in [0.1, 0.15) is 0 Å². The Morgan fingerprint density at radius 1 is 1.17 bits per heavy atom. The highest BCUT2D eigenvalue weighted by Gasteiger charge is 2.12. The summed E-state index contributed by atoms with van der Waals surface area (Å²) in [4.78, 5) is 23.8. The van der Waals surface area contributed by atoms with Crippen LogP contribution in [-0.2, 0) is 4.74 Å². The summed E-state index contributed by atoms with van der Waals surface area (Å²) in [6, 6.07) is 9.82. The molecule has 0 spiro atoms. The van der Waals surface area contributed by atoms with Crippen molar-refractivity contribution in [2.75, 3.05) is 12.3 Å². The zero-order valence-electron chi connectivity index (χ0n) is 9.46. The molecule has 18 heavy (non-hydrogen) atoms. The Bertz CT molecular complexity index is 546. The van der Waals surface area contributed by atoms with Crippen molar-refractivity contribution < 1.29 is 14.3 Å². The van der Waals surface area contributed by atoms with Crippen LogP contribution < -0.4 is 5.73 Å². The Kier molecular flexibility index (Phi) is 3.74. The predicted molar refractivity (Wildman–Crippen MR) is 69.8 cm³/mol. The Balaban J connectivity index is 1.92. The zero-order chi connectivity index (χ0) is 13.0. The van der Waals surface area contributed by atoms with E-state index in [0.717, 1.165) is 0 Å². The average Bonchev–Trinajstić information content (AvgIpc) is 2.90. The number of hydrogen-bond donors (Lipinski definition) is 1. The quantitative estimate of drug-likeness (QED) is 0.521. The fourth-order valence-corrected chi connectivity index (χ4v) is 1.99. The van der Waals surface area contributed by atoms with Crippen LogP contribution in [-0.4, -0.2) is 18.4 Å². The van der Waals surface area contributed by atoms with E-state index >= 15 is 0 Å². The van der Waals surface area contributed by atoms with Crippen LogP contribution >= 0.6 is 11.3 Å². The minimum absolute atomic E-state index is 0.200. The predicted octanol–water partition coefficient (Wildman–Crippen LogP) is 2.37. The van der Waals surface area contributed by atoms with E-state index in [2.05, 4.69) is 0 Å². The van der Waals surface area contributed by atoms with Crippen LogP contribution in [0.4, 0.5) is 5.69 Å². The van der Waals surface area contributed by atoms with E-state index in [1.165, 1.54) is 11.3 Å². The maximum atomic E-state index is 11.6. The summed E-state index contributed by atoms with van der Waals surface area (Å²) in [5, 5.41) is 1.80. The van der Waals surface area contributed by atoms with Crippen LogP contribution in [0.15, 0.2) is 41.8 Å². The van der Waals surface area contributed by atoms with Gasteiger partial charge >= 0.3 is 5.97 Å². The molecule has 2 rings (SSSR count). The number of esters is 1. The standard InChI is InChI=1S/C13H11NO3S/c14-10-5-3-9(4-6-10)13(16)17-8-11(15)12-2-1-7-18-12/h1-7H,8,14H2. The Labute approximate surface area is 108 Å². The van der Waals surface area contributed by atoms with E-state index in [1.807, 2.05) is 0 Å². The molecule has 0 amide bonds. The van der Waals surface area contributed by atoms with Crippen molar-refractivity contribution in [3.05, 3.63) is 52.2 Å². The molecule has 92 valence electrons. The number of anilines is 1. The molecule has 0 fully saturated rings. The average molecular weight is 261 g/mol. The molecule has 1 aromatic heterocycles. The monoisotopic (exact) mass is 261 g/mol. The number of carbonyl (C=O) groups is 2. The number of ketones is 1. The second-order valence-corrected chi connectivity index (χ2v) is 4.55. The molecule has 0 aliphatic heterocycles. The number of thiophene rings is 1. The van der Waals surface area contributed by atoms with Crippen molar-refractivity contribution >= 4 is 28.8 Å². The molecule has 0 radical (unpaired) electrons. The molecule has 0 atom stereocenters. The van der Waals surface area contributed by atoms with Gasteiger partial charge in [0.05, 0.1) is 10.4 Å². The molecule has 5 heteroatoms. The van der Waals surface area contributed by atoms with E-state index in [0.29, 0.717) is 16.1 Å². The fraction of sp³-hybridized carbons (Fsp3) is 0.0769. The lowest BCUT2D eigenvalue weighted by Crippen LogP contribution is -2.13. The molecule has 1 heterocycles. The van der Waals surface area contributed by atoms with E-state index in [9.17, 15) is 9.59 Å². The van der Waals surface area contributed by atoms with Crippen molar-refractivity contribution in [2.45, 2.75) is 0 Å². The molecule has 0 saturated carbocycles. The number of nitrogen functional groups attached to an aromatic ring is 1. The van der Waals surface area contributed by atoms with Crippen LogP contribution in [0.25, 0.3) is 0 Å². The third kappa shape index (κ3) is 2.95. The second-order valence-electron chi connectivity index (χ2n) is 3.60. The molecule has 4 nitrogen and oxygen atoms in total. The van der Waals surface area contributed by atoms with E-state index in [4.69, 9.17) is 10.5 Å². The van der Waals surface area contributed by atoms with Crippen LogP contribution in [0.2, 0.25) is 0 Å². The highest BCUT2D eigenvalue weighted by Crippen LogP contribution is 2.11. The van der Waals surface area contributed by atoms with Gasteiger partial charge in [0.15, 0.2) is 6.61 Å². The molecule has 0 aliphatic rings. The Hall–Kier alpha value is -2.14. The topological polar surface area (TPSA) is 69.4 Å². The molecule has 1 aromatic carbocycles. The Morgan fingerprint density at radius 3 is 2.50 bits per heavy atom. The fourth-order valence-electron chi connectivity index (χ4n) is 1.34. The highest BCUT2D eigenvalue weighted by molar-refractivity contribution is 7.12. The molecule has 0 bridgehead atoms. The summed E-state index contributed by atoms with van der Waals surface area (Å²) >= 11 is 1.32. The smallest absolute Gasteiger partial charge is 0.338 e. The molecular weight excluding hydrogens is 250 g/mol. The van der Waals surface area contributed by atoms with Gasteiger partial charge < -0.3 is 10.5 Å². The van der Waals surface area contributed by atoms with Crippen LogP contribution in [0.3, 0.4) is 0 Å². The van der Waals surface area contributed by atoms with Crippen LogP contribution in [0.5, 0.6) is 0 Å². The highest BCUT2D eigenvalue weighted by atomic mass is 32.1. The van der Waals surface area contributed by atoms with E-state index < -0.39 is 5.97 Å². The lowest BCUT2D eigenvalue weighted by Gasteiger charge is -2.03. The van der Waals surface area contributed by atoms with Gasteiger partial charge in [-0.2, -0.15) is 0 Å². The first kappa shape index (κ1) is 12.3. The summed E-state index contributed by atoms with van der Waals surface area (Å²) in [7, 11) is 0. The largest absolute Gasteiger partial charge is 0.454 e. The first-order valence-corrected chi connectivity index (χ1v) is 6.14. The lowest BCUT2D eigenvalue weighted by molar-refractivity contribution is 0.0476. The number of carbonyl (C=O) groups excluding carboxylic acids is 2. The molecule has 2 aromatic rings. The summed E-state index contributed by atoms with van der Waals surface area (Å²) < 4.78 is 4.93. The van der Waals surface area contributed by atoms with Crippen molar-refractivity contribution in [2.24, 2.45) is 0 Å². The lowest BCUT2D eigenvalue weighted by atomic mass is 10.2. The first-order valence-electron chi connectivity index (χ1n) is 5.26. The third-order valence-electron chi connectivity index (χ3n) is 2.28. The van der Waals surface area contributed by atoms with Crippen molar-refractivity contribution in [3.8, 4) is 0 Å². The van der Waals surface area contributed by atoms with E-state index in [1.54, 1.807) is 41.8 Å². The number of Topliss-reactive ketones (excluding diaryl/α,β-unsaturated/α-hetero) is 1. The van der Waals surface area contributed by atoms with Gasteiger partial charge in [-0.05, 0) is 35.7 Å². The van der Waals surface area contributed by atoms with E-state index in [-0.39, 0.29) is 12.4 Å². The first-order chi connectivity index (χ1) is 8.66. The van der Waals surface area contributed by atoms with Gasteiger partial charge in [-0.1, -0.05) is 6.07 Å². The summed E-state index contributed by atoms with van der Waals surface area (Å²) in [6.07, 6.45) is 0. The van der Waals surface area contributed by atoms with Gasteiger partial charge in [-0.3, -0.25) is 4.79 Å². The SMILES string of the molecule is Nc1ccc(C(=O)OCC(=O)c2cccs2)cc1. The van der Waals surface area contributed by atoms with Gasteiger partial charge in [0.2, 0.25) is 5.78 Å². The Morgan fingerprint density at radius 2 is 1.89 bits per heavy atom. The van der Waals surface area contributed by atoms with Crippen LogP contribution in [0.1, 0.15) is 20.0 Å². The molecule has 0 unspecified atom stereocenters. The number of benzene rings is 1. The minimum atomic E-state index is -0.528. The molecule has 2 N–H and O–H groups in total. The van der Waals surface area contributed by atoms with Gasteiger partial charge in [-0.15, -0.1) is 11.3 Å². The third-order valence-corrected chi connectivity index (χ3v) is 3.19. The van der Waals surface area contributed by atoms with Crippen molar-refractivity contribution in [3.63, 3.8) is 0 Å². The summed E-state index contributed by atoms with van der Waals surface area (Å²) in [5.74, 6) is -0.728. The minimum Gasteiger partial charge on any atom is -0.454 e. The van der Waals surface area contributed by atoms with Gasteiger partial charge in [0.25, 0.3) is 0 Å². The number of rotatable bonds is 4.